The average Bonchev–Trinajstić information content (AvgIpc) is 3.51. The van der Waals surface area contributed by atoms with Crippen LogP contribution in [0, 0.1) is 24.1 Å². The van der Waals surface area contributed by atoms with Gasteiger partial charge >= 0.3 is 6.01 Å². The minimum absolute atomic E-state index is 0.0323. The van der Waals surface area contributed by atoms with E-state index in [2.05, 4.69) is 32.7 Å². The van der Waals surface area contributed by atoms with Crippen molar-refractivity contribution >= 4 is 44.8 Å². The highest BCUT2D eigenvalue weighted by Gasteiger charge is 2.54. The Labute approximate surface area is 242 Å². The largest absolute Gasteiger partial charge is 0.462 e. The molecule has 2 aliphatic heterocycles. The van der Waals surface area contributed by atoms with Crippen LogP contribution in [0.5, 0.6) is 6.01 Å². The number of nitrogens with zero attached hydrogens (tertiary/aromatic N) is 5. The zero-order chi connectivity index (χ0) is 28.2. The van der Waals surface area contributed by atoms with Crippen molar-refractivity contribution in [2.75, 3.05) is 50.6 Å². The van der Waals surface area contributed by atoms with Crippen molar-refractivity contribution in [2.24, 2.45) is 5.92 Å². The molecule has 10 heteroatoms. The Hall–Kier alpha value is -3.71. The molecule has 0 spiro atoms. The number of terminal acetylenes is 1. The van der Waals surface area contributed by atoms with Crippen LogP contribution in [0.3, 0.4) is 0 Å². The predicted molar refractivity (Wildman–Crippen MR) is 159 cm³/mol. The summed E-state index contributed by atoms with van der Waals surface area (Å²) in [6.07, 6.45) is 9.59. The summed E-state index contributed by atoms with van der Waals surface area (Å²) < 4.78 is 28.6. The SMILES string of the molecule is C#Cc1cccc2cc(N)cc(-c3ncc4c(N5CCOC[C@H]6[C@H](Cl)[C@H]65)nc(OC[C@@H]5CCCN5C)nc4c3F)c12. The van der Waals surface area contributed by atoms with E-state index < -0.39 is 5.82 Å². The van der Waals surface area contributed by atoms with Crippen LogP contribution in [0.1, 0.15) is 18.4 Å². The van der Waals surface area contributed by atoms with Gasteiger partial charge in [0.15, 0.2) is 5.82 Å². The molecule has 4 aromatic rings. The van der Waals surface area contributed by atoms with Gasteiger partial charge in [-0.2, -0.15) is 9.97 Å². The van der Waals surface area contributed by atoms with Gasteiger partial charge in [0.25, 0.3) is 0 Å². The highest BCUT2D eigenvalue weighted by atomic mass is 35.5. The van der Waals surface area contributed by atoms with Crippen molar-refractivity contribution < 1.29 is 13.9 Å². The summed E-state index contributed by atoms with van der Waals surface area (Å²) >= 11 is 6.65. The summed E-state index contributed by atoms with van der Waals surface area (Å²) in [5, 5.41) is 1.93. The number of rotatable bonds is 5. The summed E-state index contributed by atoms with van der Waals surface area (Å²) in [7, 11) is 2.08. The van der Waals surface area contributed by atoms with Crippen LogP contribution in [0.25, 0.3) is 32.9 Å². The van der Waals surface area contributed by atoms with Crippen LogP contribution in [0.2, 0.25) is 0 Å². The summed E-state index contributed by atoms with van der Waals surface area (Å²) in [6, 6.07) is 9.51. The fourth-order valence-electron chi connectivity index (χ4n) is 6.30. The third-order valence-corrected chi connectivity index (χ3v) is 9.16. The maximum absolute atomic E-state index is 16.7. The molecule has 8 nitrogen and oxygen atoms in total. The Balaban J connectivity index is 1.40. The number of nitrogens with two attached hydrogens (primary N) is 1. The number of benzene rings is 2. The van der Waals surface area contributed by atoms with Crippen molar-refractivity contribution in [3.63, 3.8) is 0 Å². The van der Waals surface area contributed by atoms with E-state index in [0.717, 1.165) is 24.8 Å². The standard InChI is InChI=1S/C31H30ClFN6O2/c1-3-17-6-4-7-18-12-19(34)13-21(24(17)18)27-26(33)28-22(14-35-27)30(39-10-11-40-16-23-25(32)29(23)39)37-31(36-28)41-15-20-8-5-9-38(20)2/h1,4,6-7,12-14,20,23,25,29H,5,8-11,15-16,34H2,2H3/t20-,23-,25-,29-/m0/s1. The summed E-state index contributed by atoms with van der Waals surface area (Å²) in [5.41, 5.74) is 8.09. The van der Waals surface area contributed by atoms with Gasteiger partial charge < -0.3 is 25.0 Å². The smallest absolute Gasteiger partial charge is 0.319 e. The molecule has 4 atom stereocenters. The Bertz CT molecular complexity index is 1710. The molecule has 2 aromatic heterocycles. The molecule has 41 heavy (non-hydrogen) atoms. The second-order valence-electron chi connectivity index (χ2n) is 11.1. The Kier molecular flexibility index (Phi) is 6.57. The molecule has 0 amide bonds. The molecule has 2 saturated heterocycles. The monoisotopic (exact) mass is 572 g/mol. The van der Waals surface area contributed by atoms with Crippen molar-refractivity contribution in [2.45, 2.75) is 30.3 Å². The van der Waals surface area contributed by atoms with E-state index in [-0.39, 0.29) is 40.6 Å². The lowest BCUT2D eigenvalue weighted by molar-refractivity contribution is 0.139. The molecule has 1 saturated carbocycles. The normalized spacial score (nSPS) is 24.3. The second-order valence-corrected chi connectivity index (χ2v) is 11.6. The van der Waals surface area contributed by atoms with Gasteiger partial charge in [-0.1, -0.05) is 18.1 Å². The number of ether oxygens (including phenoxy) is 2. The first-order valence-electron chi connectivity index (χ1n) is 13.9. The van der Waals surface area contributed by atoms with Gasteiger partial charge in [-0.15, -0.1) is 18.0 Å². The molecule has 3 fully saturated rings. The molecular weight excluding hydrogens is 543 g/mol. The van der Waals surface area contributed by atoms with Gasteiger partial charge in [0, 0.05) is 46.9 Å². The maximum atomic E-state index is 16.7. The third-order valence-electron chi connectivity index (χ3n) is 8.58. The molecule has 2 N–H and O–H groups in total. The first kappa shape index (κ1) is 26.2. The van der Waals surface area contributed by atoms with E-state index in [0.29, 0.717) is 59.8 Å². The highest BCUT2D eigenvalue weighted by Crippen LogP contribution is 2.46. The molecule has 2 aromatic carbocycles. The van der Waals surface area contributed by atoms with Crippen molar-refractivity contribution in [1.82, 2.24) is 19.9 Å². The number of nitrogen functional groups attached to an aromatic ring is 1. The molecule has 7 rings (SSSR count). The number of halogens is 2. The number of fused-ring (bicyclic) bond motifs is 3. The lowest BCUT2D eigenvalue weighted by Gasteiger charge is -2.25. The van der Waals surface area contributed by atoms with Crippen molar-refractivity contribution in [3.05, 3.63) is 47.9 Å². The molecular formula is C31H30ClFN6O2. The topological polar surface area (TPSA) is 89.6 Å². The number of likely N-dealkylation sites (tertiary alicyclic amines) is 1. The number of anilines is 2. The number of aromatic nitrogens is 3. The van der Waals surface area contributed by atoms with Crippen LogP contribution in [0.4, 0.5) is 15.9 Å². The van der Waals surface area contributed by atoms with Crippen LogP contribution in [-0.4, -0.2) is 77.3 Å². The molecule has 0 radical (unpaired) electrons. The fourth-order valence-corrected chi connectivity index (χ4v) is 6.76. The first-order chi connectivity index (χ1) is 19.9. The molecule has 3 aliphatic rings. The van der Waals surface area contributed by atoms with Gasteiger partial charge in [-0.05, 0) is 50.0 Å². The number of alkyl halides is 1. The minimum atomic E-state index is -0.589. The van der Waals surface area contributed by atoms with E-state index in [9.17, 15) is 0 Å². The molecule has 0 unspecified atom stereocenters. The fraction of sp³-hybridized carbons (Fsp3) is 0.387. The number of likely N-dealkylation sites (N-methyl/N-ethyl adjacent to an activating group) is 1. The summed E-state index contributed by atoms with van der Waals surface area (Å²) in [4.78, 5) is 18.4. The molecule has 4 heterocycles. The first-order valence-corrected chi connectivity index (χ1v) is 14.3. The molecule has 210 valence electrons. The lowest BCUT2D eigenvalue weighted by Crippen LogP contribution is -2.32. The van der Waals surface area contributed by atoms with Crippen LogP contribution in [0.15, 0.2) is 36.5 Å². The highest BCUT2D eigenvalue weighted by molar-refractivity contribution is 6.24. The lowest BCUT2D eigenvalue weighted by atomic mass is 9.96. The van der Waals surface area contributed by atoms with E-state index in [1.165, 1.54) is 0 Å². The number of pyridine rings is 1. The minimum Gasteiger partial charge on any atom is -0.462 e. The number of hydrogen-bond donors (Lipinski definition) is 1. The zero-order valence-electron chi connectivity index (χ0n) is 22.7. The van der Waals surface area contributed by atoms with Crippen molar-refractivity contribution in [1.29, 1.82) is 0 Å². The average molecular weight is 573 g/mol. The van der Waals surface area contributed by atoms with E-state index in [1.54, 1.807) is 12.3 Å². The van der Waals surface area contributed by atoms with Gasteiger partial charge in [0.05, 0.1) is 30.0 Å². The predicted octanol–water partition coefficient (Wildman–Crippen LogP) is 4.46. The van der Waals surface area contributed by atoms with E-state index in [4.69, 9.17) is 38.2 Å². The second kappa shape index (κ2) is 10.3. The molecule has 1 aliphatic carbocycles. The van der Waals surface area contributed by atoms with Gasteiger partial charge in [-0.3, -0.25) is 4.98 Å². The van der Waals surface area contributed by atoms with Crippen LogP contribution in [-0.2, 0) is 4.74 Å². The van der Waals surface area contributed by atoms with Crippen molar-refractivity contribution in [3.8, 4) is 29.6 Å². The van der Waals surface area contributed by atoms with E-state index >= 15 is 4.39 Å². The van der Waals surface area contributed by atoms with Gasteiger partial charge in [-0.25, -0.2) is 4.39 Å². The maximum Gasteiger partial charge on any atom is 0.319 e. The Morgan fingerprint density at radius 2 is 2.15 bits per heavy atom. The third kappa shape index (κ3) is 4.51. The molecule has 0 bridgehead atoms. The number of hydrogen-bond acceptors (Lipinski definition) is 8. The Morgan fingerprint density at radius 3 is 2.95 bits per heavy atom. The quantitative estimate of drug-likeness (QED) is 0.213. The van der Waals surface area contributed by atoms with Gasteiger partial charge in [0.2, 0.25) is 0 Å². The zero-order valence-corrected chi connectivity index (χ0v) is 23.4. The summed E-state index contributed by atoms with van der Waals surface area (Å²) in [5.74, 6) is 2.85. The summed E-state index contributed by atoms with van der Waals surface area (Å²) in [6.45, 7) is 3.11. The Morgan fingerprint density at radius 1 is 1.27 bits per heavy atom. The van der Waals surface area contributed by atoms with Crippen LogP contribution >= 0.6 is 11.6 Å². The van der Waals surface area contributed by atoms with E-state index in [1.807, 2.05) is 24.3 Å². The van der Waals surface area contributed by atoms with Gasteiger partial charge in [0.1, 0.15) is 23.6 Å². The van der Waals surface area contributed by atoms with Crippen LogP contribution < -0.4 is 15.4 Å².